The van der Waals surface area contributed by atoms with E-state index in [2.05, 4.69) is 10.6 Å². The highest BCUT2D eigenvalue weighted by Crippen LogP contribution is 2.26. The lowest BCUT2D eigenvalue weighted by Crippen LogP contribution is -2.37. The number of ether oxygens (including phenoxy) is 1. The maximum absolute atomic E-state index is 12.9. The molecule has 3 aromatic rings. The molecule has 1 unspecified atom stereocenters. The third kappa shape index (κ3) is 4.78. The number of hydrogen-bond acceptors (Lipinski definition) is 4. The van der Waals surface area contributed by atoms with Crippen molar-refractivity contribution in [2.75, 3.05) is 20.2 Å². The molecular weight excluding hydrogens is 388 g/mol. The summed E-state index contributed by atoms with van der Waals surface area (Å²) < 4.78 is 6.99. The number of hydrogen-bond donors (Lipinski definition) is 2. The van der Waals surface area contributed by atoms with Crippen molar-refractivity contribution in [3.8, 4) is 22.7 Å². The number of halogens is 1. The summed E-state index contributed by atoms with van der Waals surface area (Å²) in [6, 6.07) is 17.7. The highest BCUT2D eigenvalue weighted by atomic mass is 35.5. The third-order valence-corrected chi connectivity index (χ3v) is 5.01. The number of nitrogens with zero attached hydrogens (tertiary/aromatic N) is 2. The number of rotatable bonds is 6. The van der Waals surface area contributed by atoms with Crippen molar-refractivity contribution < 1.29 is 9.53 Å². The van der Waals surface area contributed by atoms with Crippen LogP contribution >= 0.6 is 12.4 Å². The van der Waals surface area contributed by atoms with E-state index in [0.717, 1.165) is 36.4 Å². The van der Waals surface area contributed by atoms with E-state index in [1.54, 1.807) is 18.0 Å². The molecule has 2 aromatic carbocycles. The van der Waals surface area contributed by atoms with Crippen molar-refractivity contribution in [1.82, 2.24) is 20.4 Å². The Morgan fingerprint density at radius 2 is 1.97 bits per heavy atom. The van der Waals surface area contributed by atoms with Gasteiger partial charge in [-0.25, -0.2) is 4.68 Å². The Labute approximate surface area is 176 Å². The van der Waals surface area contributed by atoms with Gasteiger partial charge in [0.1, 0.15) is 11.4 Å². The van der Waals surface area contributed by atoms with Crippen LogP contribution in [0.25, 0.3) is 16.9 Å². The minimum Gasteiger partial charge on any atom is -0.497 e. The van der Waals surface area contributed by atoms with E-state index < -0.39 is 0 Å². The molecule has 0 aliphatic carbocycles. The van der Waals surface area contributed by atoms with Crippen molar-refractivity contribution >= 4 is 18.3 Å². The lowest BCUT2D eigenvalue weighted by atomic mass is 10.1. The van der Waals surface area contributed by atoms with Crippen LogP contribution in [0.4, 0.5) is 0 Å². The van der Waals surface area contributed by atoms with Gasteiger partial charge in [-0.05, 0) is 55.8 Å². The molecule has 4 rings (SSSR count). The predicted octanol–water partition coefficient (Wildman–Crippen LogP) is 3.45. The Hall–Kier alpha value is -2.83. The van der Waals surface area contributed by atoms with Gasteiger partial charge in [-0.1, -0.05) is 18.2 Å². The van der Waals surface area contributed by atoms with Crippen LogP contribution < -0.4 is 15.4 Å². The van der Waals surface area contributed by atoms with Crippen LogP contribution in [0.1, 0.15) is 23.2 Å². The molecule has 152 valence electrons. The molecule has 1 fully saturated rings. The molecule has 0 spiro atoms. The largest absolute Gasteiger partial charge is 0.497 e. The summed E-state index contributed by atoms with van der Waals surface area (Å²) in [7, 11) is 1.63. The quantitative estimate of drug-likeness (QED) is 0.650. The first kappa shape index (κ1) is 20.9. The van der Waals surface area contributed by atoms with Crippen LogP contribution in [0.5, 0.6) is 5.75 Å². The molecule has 2 heterocycles. The molecule has 29 heavy (non-hydrogen) atoms. The lowest BCUT2D eigenvalue weighted by molar-refractivity contribution is 0.0951. The normalized spacial score (nSPS) is 15.6. The minimum absolute atomic E-state index is 0. The van der Waals surface area contributed by atoms with E-state index in [0.29, 0.717) is 23.8 Å². The van der Waals surface area contributed by atoms with Gasteiger partial charge in [-0.2, -0.15) is 5.10 Å². The SMILES string of the molecule is COc1ccc(-c2nn(-c3ccccc3)cc2C(=O)NCC2CCCN2)cc1.Cl. The van der Waals surface area contributed by atoms with Crippen molar-refractivity contribution in [3.05, 3.63) is 66.4 Å². The zero-order valence-electron chi connectivity index (χ0n) is 16.3. The Morgan fingerprint density at radius 3 is 2.62 bits per heavy atom. The van der Waals surface area contributed by atoms with Gasteiger partial charge in [0.25, 0.3) is 5.91 Å². The zero-order chi connectivity index (χ0) is 19.3. The fourth-order valence-electron chi connectivity index (χ4n) is 3.46. The van der Waals surface area contributed by atoms with Crippen molar-refractivity contribution in [3.63, 3.8) is 0 Å². The molecule has 1 aliphatic heterocycles. The second kappa shape index (κ2) is 9.58. The molecule has 6 nitrogen and oxygen atoms in total. The molecule has 1 aliphatic rings. The second-order valence-corrected chi connectivity index (χ2v) is 6.90. The standard InChI is InChI=1S/C22H24N4O2.ClH/c1-28-19-11-9-16(10-12-19)21-20(22(27)24-14-17-6-5-13-23-17)15-26(25-21)18-7-3-2-4-8-18;/h2-4,7-12,15,17,23H,5-6,13-14H2,1H3,(H,24,27);1H. The smallest absolute Gasteiger partial charge is 0.255 e. The first-order valence-electron chi connectivity index (χ1n) is 9.55. The summed E-state index contributed by atoms with van der Waals surface area (Å²) in [4.78, 5) is 12.9. The molecule has 0 bridgehead atoms. The Kier molecular flexibility index (Phi) is 6.90. The van der Waals surface area contributed by atoms with Gasteiger partial charge in [-0.15, -0.1) is 12.4 Å². The van der Waals surface area contributed by atoms with Crippen molar-refractivity contribution in [1.29, 1.82) is 0 Å². The average Bonchev–Trinajstić information content (AvgIpc) is 3.43. The van der Waals surface area contributed by atoms with Crippen LogP contribution in [0, 0.1) is 0 Å². The molecule has 1 atom stereocenters. The van der Waals surface area contributed by atoms with Crippen molar-refractivity contribution in [2.24, 2.45) is 0 Å². The summed E-state index contributed by atoms with van der Waals surface area (Å²) in [5.41, 5.74) is 3.00. The van der Waals surface area contributed by atoms with Gasteiger partial charge in [0.05, 0.1) is 18.4 Å². The lowest BCUT2D eigenvalue weighted by Gasteiger charge is -2.11. The summed E-state index contributed by atoms with van der Waals surface area (Å²) >= 11 is 0. The van der Waals surface area contributed by atoms with Gasteiger partial charge in [0.15, 0.2) is 0 Å². The van der Waals surface area contributed by atoms with Crippen LogP contribution in [0.3, 0.4) is 0 Å². The molecule has 2 N–H and O–H groups in total. The first-order valence-corrected chi connectivity index (χ1v) is 9.55. The number of benzene rings is 2. The Bertz CT molecular complexity index is 935. The molecule has 1 amide bonds. The highest BCUT2D eigenvalue weighted by Gasteiger charge is 2.21. The highest BCUT2D eigenvalue weighted by molar-refractivity contribution is 6.00. The van der Waals surface area contributed by atoms with Gasteiger partial charge in [0.2, 0.25) is 0 Å². The number of carbonyl (C=O) groups is 1. The predicted molar refractivity (Wildman–Crippen MR) is 116 cm³/mol. The summed E-state index contributed by atoms with van der Waals surface area (Å²) in [5, 5.41) is 11.2. The van der Waals surface area contributed by atoms with Gasteiger partial charge in [0, 0.05) is 24.3 Å². The van der Waals surface area contributed by atoms with E-state index in [1.807, 2.05) is 54.6 Å². The first-order chi connectivity index (χ1) is 13.7. The van der Waals surface area contributed by atoms with E-state index in [9.17, 15) is 4.79 Å². The third-order valence-electron chi connectivity index (χ3n) is 5.01. The molecule has 0 saturated carbocycles. The fourth-order valence-corrected chi connectivity index (χ4v) is 3.46. The molecule has 0 radical (unpaired) electrons. The fraction of sp³-hybridized carbons (Fsp3) is 0.273. The maximum Gasteiger partial charge on any atom is 0.255 e. The van der Waals surface area contributed by atoms with Crippen LogP contribution in [0.15, 0.2) is 60.8 Å². The Balaban J connectivity index is 0.00000240. The van der Waals surface area contributed by atoms with Crippen molar-refractivity contribution in [2.45, 2.75) is 18.9 Å². The second-order valence-electron chi connectivity index (χ2n) is 6.90. The maximum atomic E-state index is 12.9. The van der Waals surface area contributed by atoms with E-state index in [4.69, 9.17) is 9.84 Å². The Morgan fingerprint density at radius 1 is 1.21 bits per heavy atom. The van der Waals surface area contributed by atoms with Crippen LogP contribution in [-0.4, -0.2) is 41.9 Å². The number of nitrogens with one attached hydrogen (secondary N) is 2. The van der Waals surface area contributed by atoms with Gasteiger partial charge >= 0.3 is 0 Å². The van der Waals surface area contributed by atoms with E-state index in [-0.39, 0.29) is 18.3 Å². The zero-order valence-corrected chi connectivity index (χ0v) is 17.1. The average molecular weight is 413 g/mol. The summed E-state index contributed by atoms with van der Waals surface area (Å²) in [6.45, 7) is 1.64. The van der Waals surface area contributed by atoms with Gasteiger partial charge in [-0.3, -0.25) is 4.79 Å². The number of aromatic nitrogens is 2. The van der Waals surface area contributed by atoms with E-state index in [1.165, 1.54) is 0 Å². The number of methoxy groups -OCH3 is 1. The molecule has 1 aromatic heterocycles. The molecular formula is C22H25ClN4O2. The topological polar surface area (TPSA) is 68.2 Å². The monoisotopic (exact) mass is 412 g/mol. The number of para-hydroxylation sites is 1. The molecule has 1 saturated heterocycles. The van der Waals surface area contributed by atoms with Crippen LogP contribution in [-0.2, 0) is 0 Å². The van der Waals surface area contributed by atoms with Gasteiger partial charge < -0.3 is 15.4 Å². The minimum atomic E-state index is -0.110. The number of amides is 1. The summed E-state index contributed by atoms with van der Waals surface area (Å²) in [5.74, 6) is 0.659. The van der Waals surface area contributed by atoms with E-state index >= 15 is 0 Å². The number of carbonyl (C=O) groups excluding carboxylic acids is 1. The molecule has 7 heteroatoms. The summed E-state index contributed by atoms with van der Waals surface area (Å²) in [6.07, 6.45) is 4.05. The van der Waals surface area contributed by atoms with Crippen LogP contribution in [0.2, 0.25) is 0 Å².